The van der Waals surface area contributed by atoms with E-state index in [9.17, 15) is 4.79 Å². The predicted molar refractivity (Wildman–Crippen MR) is 160 cm³/mol. The van der Waals surface area contributed by atoms with Crippen molar-refractivity contribution in [1.82, 2.24) is 5.32 Å². The Balaban J connectivity index is -0.000000716. The van der Waals surface area contributed by atoms with Gasteiger partial charge >= 0.3 is 0 Å². The molecule has 0 radical (unpaired) electrons. The minimum absolute atomic E-state index is 0.168. The summed E-state index contributed by atoms with van der Waals surface area (Å²) in [6.45, 7) is 34.6. The number of Topliss-reactive ketones (excluding diaryl/α,β-unsaturated/α-hetero) is 1. The molecule has 0 aliphatic heterocycles. The van der Waals surface area contributed by atoms with Crippen molar-refractivity contribution in [2.45, 2.75) is 95.5 Å². The Morgan fingerprint density at radius 2 is 1.43 bits per heavy atom. The Labute approximate surface area is 217 Å². The summed E-state index contributed by atoms with van der Waals surface area (Å²) in [4.78, 5) is 15.7. The fourth-order valence-electron chi connectivity index (χ4n) is 2.18. The summed E-state index contributed by atoms with van der Waals surface area (Å²) >= 11 is 0. The molecule has 196 valence electrons. The van der Waals surface area contributed by atoms with Gasteiger partial charge in [-0.25, -0.2) is 0 Å². The molecular formula is C32H52N2O. The molecule has 0 heterocycles. The van der Waals surface area contributed by atoms with E-state index in [0.717, 1.165) is 40.1 Å². The van der Waals surface area contributed by atoms with Gasteiger partial charge in [-0.1, -0.05) is 101 Å². The average molecular weight is 481 g/mol. The number of allylic oxidation sites excluding steroid dienone is 5. The number of ketones is 1. The summed E-state index contributed by atoms with van der Waals surface area (Å²) in [6, 6.07) is 7.69. The lowest BCUT2D eigenvalue weighted by molar-refractivity contribution is 0.0988. The van der Waals surface area contributed by atoms with Crippen LogP contribution >= 0.6 is 0 Å². The van der Waals surface area contributed by atoms with Crippen LogP contribution in [0.2, 0.25) is 0 Å². The zero-order valence-electron chi connectivity index (χ0n) is 24.6. The maximum atomic E-state index is 11.6. The highest BCUT2D eigenvalue weighted by Gasteiger charge is 2.03. The van der Waals surface area contributed by atoms with Gasteiger partial charge in [0.15, 0.2) is 5.78 Å². The lowest BCUT2D eigenvalue weighted by Gasteiger charge is -2.12. The van der Waals surface area contributed by atoms with E-state index in [-0.39, 0.29) is 5.78 Å². The monoisotopic (exact) mass is 480 g/mol. The fraction of sp³-hybridized carbons (Fsp3) is 0.438. The van der Waals surface area contributed by atoms with Crippen LogP contribution in [-0.2, 0) is 6.54 Å². The number of carbonyl (C=O) groups excluding carboxylic acids is 1. The maximum absolute atomic E-state index is 11.6. The number of nitrogens with one attached hydrogen (secondary N) is 1. The summed E-state index contributed by atoms with van der Waals surface area (Å²) in [6.07, 6.45) is 5.28. The third-order valence-corrected chi connectivity index (χ3v) is 4.44. The van der Waals surface area contributed by atoms with Crippen molar-refractivity contribution in [3.8, 4) is 0 Å². The third-order valence-electron chi connectivity index (χ3n) is 4.44. The molecule has 0 aliphatic carbocycles. The van der Waals surface area contributed by atoms with Crippen molar-refractivity contribution in [3.63, 3.8) is 0 Å². The lowest BCUT2D eigenvalue weighted by Crippen LogP contribution is -2.13. The predicted octanol–water partition coefficient (Wildman–Crippen LogP) is 9.79. The second kappa shape index (κ2) is 22.8. The molecule has 0 saturated heterocycles. The number of aliphatic imine (C=N–C) groups is 1. The van der Waals surface area contributed by atoms with Crippen LogP contribution in [0.4, 0.5) is 0 Å². The first-order chi connectivity index (χ1) is 16.5. The van der Waals surface area contributed by atoms with Gasteiger partial charge in [0, 0.05) is 36.1 Å². The Morgan fingerprint density at radius 3 is 1.80 bits per heavy atom. The van der Waals surface area contributed by atoms with E-state index >= 15 is 0 Å². The molecule has 1 rings (SSSR count). The first kappa shape index (κ1) is 36.6. The SMILES string of the molecule is C=C(C/C=C(\C)C(=C)C)C(=C)NCc1ccc(C(=O)CC)cc1.CC.CC.CC(C)=CN=C(C)C. The van der Waals surface area contributed by atoms with Crippen molar-refractivity contribution >= 4 is 11.5 Å². The van der Waals surface area contributed by atoms with E-state index in [4.69, 9.17) is 0 Å². The van der Waals surface area contributed by atoms with Crippen molar-refractivity contribution in [3.05, 3.63) is 95.4 Å². The van der Waals surface area contributed by atoms with E-state index < -0.39 is 0 Å². The quantitative estimate of drug-likeness (QED) is 0.206. The number of benzene rings is 1. The van der Waals surface area contributed by atoms with E-state index in [1.165, 1.54) is 11.1 Å². The van der Waals surface area contributed by atoms with Crippen LogP contribution < -0.4 is 5.32 Å². The normalized spacial score (nSPS) is 9.40. The minimum Gasteiger partial charge on any atom is -0.381 e. The third kappa shape index (κ3) is 20.2. The summed E-state index contributed by atoms with van der Waals surface area (Å²) < 4.78 is 0. The first-order valence-electron chi connectivity index (χ1n) is 12.7. The van der Waals surface area contributed by atoms with Crippen LogP contribution in [-0.4, -0.2) is 11.5 Å². The van der Waals surface area contributed by atoms with Crippen molar-refractivity contribution < 1.29 is 4.79 Å². The summed E-state index contributed by atoms with van der Waals surface area (Å²) in [5.74, 6) is 0.168. The van der Waals surface area contributed by atoms with E-state index in [1.807, 2.05) is 107 Å². The van der Waals surface area contributed by atoms with Gasteiger partial charge in [0.05, 0.1) is 0 Å². The number of hydrogen-bond donors (Lipinski definition) is 1. The van der Waals surface area contributed by atoms with Crippen LogP contribution in [0.5, 0.6) is 0 Å². The van der Waals surface area contributed by atoms with E-state index in [1.54, 1.807) is 0 Å². The molecule has 1 N–H and O–H groups in total. The number of rotatable bonds is 10. The molecule has 3 heteroatoms. The van der Waals surface area contributed by atoms with Crippen LogP contribution in [0.15, 0.2) is 89.3 Å². The van der Waals surface area contributed by atoms with Crippen molar-refractivity contribution in [2.24, 2.45) is 4.99 Å². The number of hydrogen-bond acceptors (Lipinski definition) is 3. The molecule has 0 aromatic heterocycles. The maximum Gasteiger partial charge on any atom is 0.162 e. The molecule has 3 nitrogen and oxygen atoms in total. The fourth-order valence-corrected chi connectivity index (χ4v) is 2.18. The topological polar surface area (TPSA) is 41.5 Å². The van der Waals surface area contributed by atoms with Gasteiger partial charge in [0.2, 0.25) is 0 Å². The highest BCUT2D eigenvalue weighted by atomic mass is 16.1. The van der Waals surface area contributed by atoms with E-state index in [0.29, 0.717) is 13.0 Å². The Kier molecular flexibility index (Phi) is 23.9. The standard InChI is InChI=1S/C21H27NO.C7H13N.2C2H6/c1-7-21(23)20-12-10-19(11-13-20)14-22-18(6)17(5)9-8-16(4)15(2)3;1-6(2)5-8-7(3)4;2*1-2/h8,10-13,22H,2,5-7,9,14H2,1,3-4H3;5H,1-4H3;2*1-2H3/b16-8+;;;. The van der Waals surface area contributed by atoms with Gasteiger partial charge in [-0.3, -0.25) is 9.79 Å². The van der Waals surface area contributed by atoms with Crippen LogP contribution in [0.25, 0.3) is 0 Å². The first-order valence-corrected chi connectivity index (χ1v) is 12.7. The highest BCUT2D eigenvalue weighted by molar-refractivity contribution is 5.95. The van der Waals surface area contributed by atoms with E-state index in [2.05, 4.69) is 36.1 Å². The van der Waals surface area contributed by atoms with Gasteiger partial charge in [-0.2, -0.15) is 0 Å². The number of carbonyl (C=O) groups is 1. The molecule has 0 aliphatic rings. The van der Waals surface area contributed by atoms with Crippen molar-refractivity contribution in [1.29, 1.82) is 0 Å². The molecule has 35 heavy (non-hydrogen) atoms. The molecule has 0 atom stereocenters. The average Bonchev–Trinajstić information content (AvgIpc) is 2.86. The Hall–Kier alpha value is -2.94. The largest absolute Gasteiger partial charge is 0.381 e. The molecule has 0 spiro atoms. The van der Waals surface area contributed by atoms with Crippen LogP contribution in [0.3, 0.4) is 0 Å². The van der Waals surface area contributed by atoms with Crippen molar-refractivity contribution in [2.75, 3.05) is 0 Å². The molecule has 0 amide bonds. The lowest BCUT2D eigenvalue weighted by atomic mass is 10.1. The molecular weight excluding hydrogens is 428 g/mol. The van der Waals surface area contributed by atoms with Crippen LogP contribution in [0, 0.1) is 0 Å². The molecule has 0 bridgehead atoms. The smallest absolute Gasteiger partial charge is 0.162 e. The molecule has 1 aromatic rings. The molecule has 0 unspecified atom stereocenters. The summed E-state index contributed by atoms with van der Waals surface area (Å²) in [7, 11) is 0. The molecule has 1 aromatic carbocycles. The minimum atomic E-state index is 0.168. The second-order valence-corrected chi connectivity index (χ2v) is 8.06. The molecule has 0 fully saturated rings. The van der Waals surface area contributed by atoms with Gasteiger partial charge in [-0.05, 0) is 59.1 Å². The van der Waals surface area contributed by atoms with Gasteiger partial charge < -0.3 is 5.32 Å². The highest BCUT2D eigenvalue weighted by Crippen LogP contribution is 2.14. The second-order valence-electron chi connectivity index (χ2n) is 8.06. The number of nitrogens with zero attached hydrogens (tertiary/aromatic N) is 1. The summed E-state index contributed by atoms with van der Waals surface area (Å²) in [5.41, 5.74) is 8.26. The summed E-state index contributed by atoms with van der Waals surface area (Å²) in [5, 5.41) is 3.28. The van der Waals surface area contributed by atoms with Gasteiger partial charge in [-0.15, -0.1) is 0 Å². The Morgan fingerprint density at radius 1 is 0.914 bits per heavy atom. The Bertz CT molecular complexity index is 841. The zero-order valence-corrected chi connectivity index (χ0v) is 24.6. The van der Waals surface area contributed by atoms with Crippen LogP contribution in [0.1, 0.15) is 105 Å². The zero-order chi connectivity index (χ0) is 28.0. The van der Waals surface area contributed by atoms with Gasteiger partial charge in [0.1, 0.15) is 0 Å². The van der Waals surface area contributed by atoms with Gasteiger partial charge in [0.25, 0.3) is 0 Å². The molecule has 0 saturated carbocycles.